The molecule has 7 nitrogen and oxygen atoms in total. The number of carbonyl (C=O) groups excluding carboxylic acids is 2. The van der Waals surface area contributed by atoms with Gasteiger partial charge in [0.15, 0.2) is 0 Å². The predicted molar refractivity (Wildman–Crippen MR) is 106 cm³/mol. The highest BCUT2D eigenvalue weighted by Gasteiger charge is 2.31. The van der Waals surface area contributed by atoms with Gasteiger partial charge in [0.25, 0.3) is 10.0 Å². The van der Waals surface area contributed by atoms with Gasteiger partial charge in [0.05, 0.1) is 4.34 Å². The first-order valence-electron chi connectivity index (χ1n) is 9.10. The molecule has 0 bridgehead atoms. The van der Waals surface area contributed by atoms with Gasteiger partial charge in [-0.15, -0.1) is 11.3 Å². The van der Waals surface area contributed by atoms with Crippen molar-refractivity contribution in [2.75, 3.05) is 39.3 Å². The van der Waals surface area contributed by atoms with Crippen molar-refractivity contribution in [2.24, 2.45) is 0 Å². The van der Waals surface area contributed by atoms with E-state index in [1.54, 1.807) is 15.9 Å². The average molecular weight is 436 g/mol. The Hall–Kier alpha value is -1.16. The summed E-state index contributed by atoms with van der Waals surface area (Å²) in [5, 5.41) is 0. The SMILES string of the molecule is CCN(CC)C(=O)CCCC(=O)N1CCN(S(=O)(=O)c2ccc(Cl)s2)CC1. The van der Waals surface area contributed by atoms with E-state index >= 15 is 0 Å². The van der Waals surface area contributed by atoms with Crippen molar-refractivity contribution in [3.63, 3.8) is 0 Å². The third-order valence-corrected chi connectivity index (χ3v) is 8.23. The van der Waals surface area contributed by atoms with Crippen molar-refractivity contribution in [3.8, 4) is 0 Å². The van der Waals surface area contributed by atoms with Crippen LogP contribution in [0.4, 0.5) is 0 Å². The van der Waals surface area contributed by atoms with Gasteiger partial charge in [0, 0.05) is 52.1 Å². The monoisotopic (exact) mass is 435 g/mol. The molecule has 0 atom stereocenters. The lowest BCUT2D eigenvalue weighted by Crippen LogP contribution is -2.50. The van der Waals surface area contributed by atoms with Crippen LogP contribution in [0.25, 0.3) is 0 Å². The maximum Gasteiger partial charge on any atom is 0.252 e. The van der Waals surface area contributed by atoms with Crippen LogP contribution < -0.4 is 0 Å². The second kappa shape index (κ2) is 9.86. The summed E-state index contributed by atoms with van der Waals surface area (Å²) in [5.41, 5.74) is 0. The van der Waals surface area contributed by atoms with Crippen molar-refractivity contribution in [1.29, 1.82) is 0 Å². The topological polar surface area (TPSA) is 78.0 Å². The van der Waals surface area contributed by atoms with E-state index in [9.17, 15) is 18.0 Å². The lowest BCUT2D eigenvalue weighted by Gasteiger charge is -2.33. The van der Waals surface area contributed by atoms with Crippen LogP contribution in [0.2, 0.25) is 4.34 Å². The van der Waals surface area contributed by atoms with Crippen LogP contribution in [-0.2, 0) is 19.6 Å². The van der Waals surface area contributed by atoms with Crippen LogP contribution >= 0.6 is 22.9 Å². The van der Waals surface area contributed by atoms with E-state index in [1.807, 2.05) is 13.8 Å². The summed E-state index contributed by atoms with van der Waals surface area (Å²) in [6.45, 7) is 6.48. The normalized spacial score (nSPS) is 15.7. The van der Waals surface area contributed by atoms with Crippen molar-refractivity contribution < 1.29 is 18.0 Å². The molecule has 1 fully saturated rings. The Bertz CT molecular complexity index is 754. The van der Waals surface area contributed by atoms with E-state index in [1.165, 1.54) is 10.4 Å². The smallest absolute Gasteiger partial charge is 0.252 e. The number of rotatable bonds is 8. The van der Waals surface area contributed by atoms with Gasteiger partial charge in [-0.05, 0) is 32.4 Å². The lowest BCUT2D eigenvalue weighted by molar-refractivity contribution is -0.133. The molecular weight excluding hydrogens is 410 g/mol. The van der Waals surface area contributed by atoms with Crippen molar-refractivity contribution in [3.05, 3.63) is 16.5 Å². The van der Waals surface area contributed by atoms with Crippen LogP contribution in [-0.4, -0.2) is 73.6 Å². The van der Waals surface area contributed by atoms with E-state index in [0.29, 0.717) is 49.8 Å². The zero-order valence-electron chi connectivity index (χ0n) is 15.7. The van der Waals surface area contributed by atoms with Gasteiger partial charge in [-0.2, -0.15) is 4.31 Å². The van der Waals surface area contributed by atoms with Gasteiger partial charge >= 0.3 is 0 Å². The van der Waals surface area contributed by atoms with E-state index in [-0.39, 0.29) is 29.1 Å². The van der Waals surface area contributed by atoms with Crippen LogP contribution in [0.5, 0.6) is 0 Å². The summed E-state index contributed by atoms with van der Waals surface area (Å²) in [6.07, 6.45) is 1.18. The molecule has 1 aliphatic rings. The van der Waals surface area contributed by atoms with E-state index in [0.717, 1.165) is 11.3 Å². The summed E-state index contributed by atoms with van der Waals surface area (Å²) in [7, 11) is -3.55. The maximum atomic E-state index is 12.6. The molecule has 0 aromatic carbocycles. The fourth-order valence-corrected chi connectivity index (χ4v) is 6.08. The molecule has 1 aromatic heterocycles. The number of piperazine rings is 1. The molecule has 0 radical (unpaired) electrons. The molecule has 0 N–H and O–H groups in total. The van der Waals surface area contributed by atoms with E-state index in [2.05, 4.69) is 0 Å². The number of amides is 2. The van der Waals surface area contributed by atoms with Gasteiger partial charge in [-0.25, -0.2) is 8.42 Å². The first kappa shape index (κ1) is 22.1. The maximum absolute atomic E-state index is 12.6. The summed E-state index contributed by atoms with van der Waals surface area (Å²) in [5.74, 6) is 0.0388. The molecule has 0 saturated carbocycles. The molecule has 2 amide bonds. The Kier molecular flexibility index (Phi) is 8.08. The minimum Gasteiger partial charge on any atom is -0.343 e. The molecular formula is C17H26ClN3O4S2. The van der Waals surface area contributed by atoms with Gasteiger partial charge in [0.2, 0.25) is 11.8 Å². The molecule has 1 aromatic rings. The number of sulfonamides is 1. The lowest BCUT2D eigenvalue weighted by atomic mass is 10.2. The van der Waals surface area contributed by atoms with Crippen LogP contribution in [0.15, 0.2) is 16.3 Å². The molecule has 10 heteroatoms. The molecule has 27 heavy (non-hydrogen) atoms. The Morgan fingerprint density at radius 1 is 1.11 bits per heavy atom. The molecule has 1 saturated heterocycles. The standard InChI is InChI=1S/C17H26ClN3O4S2/c1-3-19(4-2)15(22)6-5-7-16(23)20-10-12-21(13-11-20)27(24,25)17-9-8-14(18)26-17/h8-9H,3-7,10-13H2,1-2H3. The van der Waals surface area contributed by atoms with Gasteiger partial charge in [0.1, 0.15) is 4.21 Å². The molecule has 1 aliphatic heterocycles. The minimum absolute atomic E-state index is 0.0291. The third kappa shape index (κ3) is 5.66. The number of hydrogen-bond acceptors (Lipinski definition) is 5. The largest absolute Gasteiger partial charge is 0.343 e. The average Bonchev–Trinajstić information content (AvgIpc) is 3.10. The van der Waals surface area contributed by atoms with Gasteiger partial charge in [-0.1, -0.05) is 11.6 Å². The number of thiophene rings is 1. The summed E-state index contributed by atoms with van der Waals surface area (Å²) >= 11 is 6.87. The van der Waals surface area contributed by atoms with Crippen LogP contribution in [0, 0.1) is 0 Å². The highest BCUT2D eigenvalue weighted by atomic mass is 35.5. The number of hydrogen-bond donors (Lipinski definition) is 0. The first-order chi connectivity index (χ1) is 12.8. The van der Waals surface area contributed by atoms with Crippen molar-refractivity contribution in [2.45, 2.75) is 37.3 Å². The molecule has 2 heterocycles. The molecule has 0 aliphatic carbocycles. The second-order valence-corrected chi connectivity index (χ2v) is 10.1. The van der Waals surface area contributed by atoms with E-state index in [4.69, 9.17) is 11.6 Å². The third-order valence-electron chi connectivity index (χ3n) is 4.63. The molecule has 2 rings (SSSR count). The zero-order chi connectivity index (χ0) is 20.0. The van der Waals surface area contributed by atoms with E-state index < -0.39 is 10.0 Å². The molecule has 152 valence electrons. The van der Waals surface area contributed by atoms with Crippen molar-refractivity contribution in [1.82, 2.24) is 14.1 Å². The number of halogens is 1. The summed E-state index contributed by atoms with van der Waals surface area (Å²) in [4.78, 5) is 27.7. The van der Waals surface area contributed by atoms with Crippen molar-refractivity contribution >= 4 is 44.8 Å². The highest BCUT2D eigenvalue weighted by molar-refractivity contribution is 7.91. The highest BCUT2D eigenvalue weighted by Crippen LogP contribution is 2.28. The Labute approximate surface area is 169 Å². The fourth-order valence-electron chi connectivity index (χ4n) is 3.02. The summed E-state index contributed by atoms with van der Waals surface area (Å²) < 4.78 is 27.2. The van der Waals surface area contributed by atoms with Crippen LogP contribution in [0.3, 0.4) is 0 Å². The number of carbonyl (C=O) groups is 2. The second-order valence-electron chi connectivity index (χ2n) is 6.26. The quantitative estimate of drug-likeness (QED) is 0.627. The molecule has 0 spiro atoms. The Morgan fingerprint density at radius 3 is 2.26 bits per heavy atom. The zero-order valence-corrected chi connectivity index (χ0v) is 18.1. The van der Waals surface area contributed by atoms with Gasteiger partial charge in [-0.3, -0.25) is 9.59 Å². The van der Waals surface area contributed by atoms with Gasteiger partial charge < -0.3 is 9.80 Å². The molecule has 0 unspecified atom stereocenters. The Balaban J connectivity index is 1.80. The number of nitrogens with zero attached hydrogens (tertiary/aromatic N) is 3. The Morgan fingerprint density at radius 2 is 1.74 bits per heavy atom. The predicted octanol–water partition coefficient (Wildman–Crippen LogP) is 2.27. The first-order valence-corrected chi connectivity index (χ1v) is 11.7. The minimum atomic E-state index is -3.55. The van der Waals surface area contributed by atoms with Crippen LogP contribution in [0.1, 0.15) is 33.1 Å². The fraction of sp³-hybridized carbons (Fsp3) is 0.647. The summed E-state index contributed by atoms with van der Waals surface area (Å²) in [6, 6.07) is 3.07.